The second-order valence-corrected chi connectivity index (χ2v) is 2.58. The third-order valence-corrected chi connectivity index (χ3v) is 1.77. The van der Waals surface area contributed by atoms with Crippen LogP contribution in [0.1, 0.15) is 18.2 Å². The Bertz CT molecular complexity index is 263. The molecule has 56 valence electrons. The van der Waals surface area contributed by atoms with E-state index in [2.05, 4.69) is 10.3 Å². The van der Waals surface area contributed by atoms with E-state index in [1.165, 1.54) is 0 Å². The van der Waals surface area contributed by atoms with E-state index in [1.807, 2.05) is 18.2 Å². The number of carbonyl (C=O) groups excluding carboxylic acids is 1. The largest absolute Gasteiger partial charge is 0.347 e. The number of aromatic nitrogens is 1. The second-order valence-electron chi connectivity index (χ2n) is 2.58. The number of β-lactam (4-membered cyclic amide) rings is 1. The highest BCUT2D eigenvalue weighted by molar-refractivity contribution is 5.83. The van der Waals surface area contributed by atoms with Gasteiger partial charge in [0.2, 0.25) is 5.91 Å². The Balaban J connectivity index is 2.13. The van der Waals surface area contributed by atoms with Crippen LogP contribution in [-0.4, -0.2) is 10.9 Å². The molecule has 1 fully saturated rings. The number of nitrogens with zero attached hydrogens (tertiary/aromatic N) is 1. The Hall–Kier alpha value is -1.38. The Kier molecular flexibility index (Phi) is 1.35. The van der Waals surface area contributed by atoms with Gasteiger partial charge in [-0.25, -0.2) is 0 Å². The number of pyridine rings is 1. The van der Waals surface area contributed by atoms with Gasteiger partial charge in [-0.3, -0.25) is 9.78 Å². The van der Waals surface area contributed by atoms with E-state index in [0.717, 1.165) is 5.69 Å². The van der Waals surface area contributed by atoms with Crippen molar-refractivity contribution in [1.82, 2.24) is 10.3 Å². The van der Waals surface area contributed by atoms with Crippen LogP contribution in [0.5, 0.6) is 0 Å². The molecule has 0 bridgehead atoms. The minimum Gasteiger partial charge on any atom is -0.347 e. The first-order valence-corrected chi connectivity index (χ1v) is 3.56. The van der Waals surface area contributed by atoms with Crippen LogP contribution < -0.4 is 5.32 Å². The Morgan fingerprint density at radius 1 is 1.55 bits per heavy atom. The molecule has 3 heteroatoms. The monoisotopic (exact) mass is 148 g/mol. The van der Waals surface area contributed by atoms with E-state index in [1.54, 1.807) is 6.20 Å². The molecule has 1 aromatic heterocycles. The predicted molar refractivity (Wildman–Crippen MR) is 39.7 cm³/mol. The first-order chi connectivity index (χ1) is 5.36. The average molecular weight is 148 g/mol. The topological polar surface area (TPSA) is 42.0 Å². The molecule has 11 heavy (non-hydrogen) atoms. The molecule has 3 nitrogen and oxygen atoms in total. The van der Waals surface area contributed by atoms with Crippen LogP contribution >= 0.6 is 0 Å². The van der Waals surface area contributed by atoms with Crippen molar-refractivity contribution in [2.45, 2.75) is 12.5 Å². The van der Waals surface area contributed by atoms with Gasteiger partial charge in [0.25, 0.3) is 0 Å². The third-order valence-electron chi connectivity index (χ3n) is 1.77. The SMILES string of the molecule is O=C1CC(c2ccccn2)N1. The number of hydrogen-bond acceptors (Lipinski definition) is 2. The number of amides is 1. The summed E-state index contributed by atoms with van der Waals surface area (Å²) in [7, 11) is 0. The molecule has 1 aliphatic rings. The van der Waals surface area contributed by atoms with Crippen LogP contribution in [0.4, 0.5) is 0 Å². The van der Waals surface area contributed by atoms with Crippen molar-refractivity contribution >= 4 is 5.91 Å². The third kappa shape index (κ3) is 1.09. The molecule has 1 N–H and O–H groups in total. The maximum atomic E-state index is 10.5. The fourth-order valence-electron chi connectivity index (χ4n) is 1.12. The summed E-state index contributed by atoms with van der Waals surface area (Å²) in [6.45, 7) is 0. The van der Waals surface area contributed by atoms with E-state index in [9.17, 15) is 4.79 Å². The van der Waals surface area contributed by atoms with Crippen molar-refractivity contribution in [3.05, 3.63) is 30.1 Å². The van der Waals surface area contributed by atoms with Gasteiger partial charge in [0.1, 0.15) is 0 Å². The number of carbonyl (C=O) groups is 1. The average Bonchev–Trinajstić information content (AvgIpc) is 2.01. The lowest BCUT2D eigenvalue weighted by atomic mass is 10.0. The lowest BCUT2D eigenvalue weighted by Crippen LogP contribution is -2.41. The van der Waals surface area contributed by atoms with Crippen molar-refractivity contribution < 1.29 is 4.79 Å². The summed E-state index contributed by atoms with van der Waals surface area (Å²) in [5.41, 5.74) is 0.951. The van der Waals surface area contributed by atoms with Gasteiger partial charge in [-0.2, -0.15) is 0 Å². The molecule has 1 saturated heterocycles. The van der Waals surface area contributed by atoms with E-state index < -0.39 is 0 Å². The predicted octanol–water partition coefficient (Wildman–Crippen LogP) is 0.643. The molecule has 2 rings (SSSR count). The highest BCUT2D eigenvalue weighted by Gasteiger charge is 2.27. The van der Waals surface area contributed by atoms with E-state index in [4.69, 9.17) is 0 Å². The molecule has 1 aromatic rings. The van der Waals surface area contributed by atoms with Crippen molar-refractivity contribution in [2.24, 2.45) is 0 Å². The summed E-state index contributed by atoms with van der Waals surface area (Å²) < 4.78 is 0. The zero-order valence-electron chi connectivity index (χ0n) is 5.95. The van der Waals surface area contributed by atoms with Crippen LogP contribution in [0, 0.1) is 0 Å². The Morgan fingerprint density at radius 2 is 2.36 bits per heavy atom. The van der Waals surface area contributed by atoms with Gasteiger partial charge in [-0.1, -0.05) is 6.07 Å². The summed E-state index contributed by atoms with van der Waals surface area (Å²) >= 11 is 0. The molecule has 0 aliphatic carbocycles. The minimum atomic E-state index is 0.112. The summed E-state index contributed by atoms with van der Waals surface area (Å²) in [6.07, 6.45) is 2.32. The fourth-order valence-corrected chi connectivity index (χ4v) is 1.12. The van der Waals surface area contributed by atoms with Crippen LogP contribution in [-0.2, 0) is 4.79 Å². The fraction of sp³-hybridized carbons (Fsp3) is 0.250. The van der Waals surface area contributed by atoms with Crippen molar-refractivity contribution in [3.63, 3.8) is 0 Å². The molecule has 0 spiro atoms. The van der Waals surface area contributed by atoms with Crippen molar-refractivity contribution in [2.75, 3.05) is 0 Å². The van der Waals surface area contributed by atoms with Crippen molar-refractivity contribution in [1.29, 1.82) is 0 Å². The van der Waals surface area contributed by atoms with Gasteiger partial charge in [-0.05, 0) is 12.1 Å². The van der Waals surface area contributed by atoms with E-state index in [-0.39, 0.29) is 11.9 Å². The molecule has 2 heterocycles. The van der Waals surface area contributed by atoms with Gasteiger partial charge in [-0.15, -0.1) is 0 Å². The zero-order chi connectivity index (χ0) is 7.68. The quantitative estimate of drug-likeness (QED) is 0.594. The lowest BCUT2D eigenvalue weighted by Gasteiger charge is -2.25. The second kappa shape index (κ2) is 2.34. The maximum Gasteiger partial charge on any atom is 0.223 e. The van der Waals surface area contributed by atoms with Crippen molar-refractivity contribution in [3.8, 4) is 0 Å². The molecule has 0 saturated carbocycles. The van der Waals surface area contributed by atoms with Crippen LogP contribution in [0.15, 0.2) is 24.4 Å². The van der Waals surface area contributed by atoms with Gasteiger partial charge < -0.3 is 5.32 Å². The first kappa shape index (κ1) is 6.34. The standard InChI is InChI=1S/C8H8N2O/c11-8-5-7(10-8)6-3-1-2-4-9-6/h1-4,7H,5H2,(H,10,11). The smallest absolute Gasteiger partial charge is 0.223 e. The van der Waals surface area contributed by atoms with Gasteiger partial charge in [0.05, 0.1) is 18.2 Å². The van der Waals surface area contributed by atoms with Crippen LogP contribution in [0.3, 0.4) is 0 Å². The summed E-state index contributed by atoms with van der Waals surface area (Å²) in [5.74, 6) is 0.112. The number of rotatable bonds is 1. The molecule has 0 radical (unpaired) electrons. The zero-order valence-corrected chi connectivity index (χ0v) is 5.95. The maximum absolute atomic E-state index is 10.5. The molecular formula is C8H8N2O. The molecule has 0 aromatic carbocycles. The van der Waals surface area contributed by atoms with Gasteiger partial charge in [0, 0.05) is 6.20 Å². The van der Waals surface area contributed by atoms with E-state index in [0.29, 0.717) is 6.42 Å². The van der Waals surface area contributed by atoms with Crippen LogP contribution in [0.25, 0.3) is 0 Å². The first-order valence-electron chi connectivity index (χ1n) is 3.56. The lowest BCUT2D eigenvalue weighted by molar-refractivity contribution is -0.128. The summed E-state index contributed by atoms with van der Waals surface area (Å²) in [4.78, 5) is 14.7. The van der Waals surface area contributed by atoms with E-state index >= 15 is 0 Å². The highest BCUT2D eigenvalue weighted by atomic mass is 16.2. The highest BCUT2D eigenvalue weighted by Crippen LogP contribution is 2.20. The van der Waals surface area contributed by atoms with Gasteiger partial charge >= 0.3 is 0 Å². The summed E-state index contributed by atoms with van der Waals surface area (Å²) in [6, 6.07) is 5.87. The summed E-state index contributed by atoms with van der Waals surface area (Å²) in [5, 5.41) is 2.76. The molecule has 1 amide bonds. The number of nitrogens with one attached hydrogen (secondary N) is 1. The number of hydrogen-bond donors (Lipinski definition) is 1. The molecular weight excluding hydrogens is 140 g/mol. The van der Waals surface area contributed by atoms with Crippen LogP contribution in [0.2, 0.25) is 0 Å². The Labute approximate surface area is 64.5 Å². The molecule has 1 aliphatic heterocycles. The minimum absolute atomic E-state index is 0.112. The normalized spacial score (nSPS) is 22.2. The van der Waals surface area contributed by atoms with Gasteiger partial charge in [0.15, 0.2) is 0 Å². The molecule has 1 unspecified atom stereocenters. The molecule has 1 atom stereocenters. The Morgan fingerprint density at radius 3 is 2.91 bits per heavy atom.